The highest BCUT2D eigenvalue weighted by molar-refractivity contribution is 5.96. The van der Waals surface area contributed by atoms with Crippen molar-refractivity contribution in [1.29, 1.82) is 0 Å². The zero-order chi connectivity index (χ0) is 15.4. The maximum Gasteiger partial charge on any atom is 0.359 e. The van der Waals surface area contributed by atoms with E-state index in [1.54, 1.807) is 6.92 Å². The van der Waals surface area contributed by atoms with E-state index in [9.17, 15) is 14.4 Å². The van der Waals surface area contributed by atoms with E-state index < -0.39 is 11.9 Å². The molecule has 108 valence electrons. The van der Waals surface area contributed by atoms with Gasteiger partial charge in [-0.2, -0.15) is 5.10 Å². The van der Waals surface area contributed by atoms with Crippen LogP contribution in [-0.2, 0) is 4.74 Å². The molecule has 0 aliphatic carbocycles. The fourth-order valence-corrected chi connectivity index (χ4v) is 1.72. The molecular weight excluding hydrogens is 276 g/mol. The van der Waals surface area contributed by atoms with Crippen LogP contribution < -0.4 is 0 Å². The van der Waals surface area contributed by atoms with Crippen LogP contribution in [0.25, 0.3) is 5.69 Å². The number of aldehydes is 1. The highest BCUT2D eigenvalue weighted by atomic mass is 16.5. The minimum Gasteiger partial charge on any atom is -0.478 e. The van der Waals surface area contributed by atoms with E-state index in [0.717, 1.165) is 0 Å². The van der Waals surface area contributed by atoms with E-state index in [0.29, 0.717) is 12.0 Å². The molecule has 0 unspecified atom stereocenters. The standard InChI is InChI=1S/C14H12N2O5/c1-2-21-14(20)12-10(8-17)7-16(15-12)11-5-3-9(4-6-11)13(18)19/h3-8H,2H2,1H3,(H,18,19). The Morgan fingerprint density at radius 2 is 2.00 bits per heavy atom. The molecule has 2 aromatic rings. The van der Waals surface area contributed by atoms with Crippen LogP contribution in [0.15, 0.2) is 30.5 Å². The second-order valence-corrected chi connectivity index (χ2v) is 4.07. The minimum absolute atomic E-state index is 0.0749. The Bertz CT molecular complexity index is 688. The topological polar surface area (TPSA) is 98.5 Å². The van der Waals surface area contributed by atoms with Gasteiger partial charge >= 0.3 is 11.9 Å². The number of rotatable bonds is 5. The lowest BCUT2D eigenvalue weighted by molar-refractivity contribution is 0.0516. The molecule has 0 fully saturated rings. The number of aromatic carboxylic acids is 1. The number of nitrogens with zero attached hydrogens (tertiary/aromatic N) is 2. The quantitative estimate of drug-likeness (QED) is 0.662. The summed E-state index contributed by atoms with van der Waals surface area (Å²) in [5.41, 5.74) is 0.690. The fraction of sp³-hybridized carbons (Fsp3) is 0.143. The first kappa shape index (κ1) is 14.4. The van der Waals surface area contributed by atoms with Gasteiger partial charge in [0.25, 0.3) is 0 Å². The summed E-state index contributed by atoms with van der Waals surface area (Å²) in [4.78, 5) is 33.4. The molecule has 1 aromatic carbocycles. The van der Waals surface area contributed by atoms with Crippen molar-refractivity contribution >= 4 is 18.2 Å². The van der Waals surface area contributed by atoms with Crippen molar-refractivity contribution in [2.24, 2.45) is 0 Å². The van der Waals surface area contributed by atoms with Crippen LogP contribution in [0.4, 0.5) is 0 Å². The summed E-state index contributed by atoms with van der Waals surface area (Å²) in [5.74, 6) is -1.72. The lowest BCUT2D eigenvalue weighted by Crippen LogP contribution is -2.08. The van der Waals surface area contributed by atoms with Crippen molar-refractivity contribution in [3.63, 3.8) is 0 Å². The second kappa shape index (κ2) is 6.00. The number of esters is 1. The zero-order valence-corrected chi connectivity index (χ0v) is 11.1. The molecular formula is C14H12N2O5. The van der Waals surface area contributed by atoms with E-state index in [2.05, 4.69) is 5.10 Å². The Balaban J connectivity index is 2.38. The Morgan fingerprint density at radius 3 is 2.52 bits per heavy atom. The summed E-state index contributed by atoms with van der Waals surface area (Å²) in [6.07, 6.45) is 1.90. The summed E-state index contributed by atoms with van der Waals surface area (Å²) >= 11 is 0. The highest BCUT2D eigenvalue weighted by Crippen LogP contribution is 2.13. The van der Waals surface area contributed by atoms with E-state index in [1.807, 2.05) is 0 Å². The van der Waals surface area contributed by atoms with Crippen LogP contribution in [0.3, 0.4) is 0 Å². The normalized spacial score (nSPS) is 10.1. The van der Waals surface area contributed by atoms with Gasteiger partial charge in [0.15, 0.2) is 12.0 Å². The van der Waals surface area contributed by atoms with Crippen molar-refractivity contribution in [3.05, 3.63) is 47.3 Å². The van der Waals surface area contributed by atoms with Gasteiger partial charge in [0.05, 0.1) is 23.4 Å². The summed E-state index contributed by atoms with van der Waals surface area (Å²) in [5, 5.41) is 12.8. The van der Waals surface area contributed by atoms with Gasteiger partial charge in [-0.3, -0.25) is 4.79 Å². The SMILES string of the molecule is CCOC(=O)c1nn(-c2ccc(C(=O)O)cc2)cc1C=O. The predicted molar refractivity (Wildman–Crippen MR) is 71.9 cm³/mol. The van der Waals surface area contributed by atoms with Crippen LogP contribution >= 0.6 is 0 Å². The number of carbonyl (C=O) groups is 3. The largest absolute Gasteiger partial charge is 0.478 e. The molecule has 7 heteroatoms. The smallest absolute Gasteiger partial charge is 0.359 e. The number of carbonyl (C=O) groups excluding carboxylic acids is 2. The molecule has 7 nitrogen and oxygen atoms in total. The lowest BCUT2D eigenvalue weighted by atomic mass is 10.2. The van der Waals surface area contributed by atoms with Gasteiger partial charge in [-0.15, -0.1) is 0 Å². The molecule has 0 aliphatic rings. The second-order valence-electron chi connectivity index (χ2n) is 4.07. The molecule has 0 saturated carbocycles. The first-order chi connectivity index (χ1) is 10.1. The number of benzene rings is 1. The molecule has 0 amide bonds. The molecule has 0 spiro atoms. The summed E-state index contributed by atoms with van der Waals surface area (Å²) in [6, 6.07) is 5.87. The average Bonchev–Trinajstić information content (AvgIpc) is 2.92. The van der Waals surface area contributed by atoms with Crippen LogP contribution in [0.1, 0.15) is 38.1 Å². The van der Waals surface area contributed by atoms with Crippen molar-refractivity contribution in [2.75, 3.05) is 6.61 Å². The van der Waals surface area contributed by atoms with Crippen molar-refractivity contribution < 1.29 is 24.2 Å². The summed E-state index contributed by atoms with van der Waals surface area (Å²) in [6.45, 7) is 1.83. The van der Waals surface area contributed by atoms with Crippen LogP contribution in [-0.4, -0.2) is 39.7 Å². The predicted octanol–water partition coefficient (Wildman–Crippen LogP) is 1.56. The van der Waals surface area contributed by atoms with E-state index in [-0.39, 0.29) is 23.4 Å². The molecule has 2 rings (SSSR count). The van der Waals surface area contributed by atoms with Gasteiger partial charge in [-0.1, -0.05) is 0 Å². The number of aromatic nitrogens is 2. The zero-order valence-electron chi connectivity index (χ0n) is 11.1. The Hall–Kier alpha value is -2.96. The number of carboxylic acids is 1. The van der Waals surface area contributed by atoms with Crippen molar-refractivity contribution in [2.45, 2.75) is 6.92 Å². The summed E-state index contributed by atoms with van der Waals surface area (Å²) in [7, 11) is 0. The Labute approximate surface area is 119 Å². The van der Waals surface area contributed by atoms with Crippen LogP contribution in [0.5, 0.6) is 0 Å². The van der Waals surface area contributed by atoms with Gasteiger partial charge in [0, 0.05) is 6.20 Å². The van der Waals surface area contributed by atoms with E-state index in [1.165, 1.54) is 35.1 Å². The van der Waals surface area contributed by atoms with Crippen LogP contribution in [0, 0.1) is 0 Å². The molecule has 1 N–H and O–H groups in total. The third-order valence-corrected chi connectivity index (χ3v) is 2.72. The maximum atomic E-state index is 11.7. The van der Waals surface area contributed by atoms with Crippen LogP contribution in [0.2, 0.25) is 0 Å². The first-order valence-electron chi connectivity index (χ1n) is 6.12. The van der Waals surface area contributed by atoms with Gasteiger partial charge in [0.1, 0.15) is 0 Å². The van der Waals surface area contributed by atoms with E-state index >= 15 is 0 Å². The molecule has 0 saturated heterocycles. The van der Waals surface area contributed by atoms with Crippen molar-refractivity contribution in [1.82, 2.24) is 9.78 Å². The lowest BCUT2D eigenvalue weighted by Gasteiger charge is -2.01. The van der Waals surface area contributed by atoms with Gasteiger partial charge in [-0.05, 0) is 31.2 Å². The first-order valence-corrected chi connectivity index (χ1v) is 6.12. The third kappa shape index (κ3) is 2.97. The molecule has 21 heavy (non-hydrogen) atoms. The number of ether oxygens (including phenoxy) is 1. The monoisotopic (exact) mass is 288 g/mol. The molecule has 0 aliphatic heterocycles. The Morgan fingerprint density at radius 1 is 1.33 bits per heavy atom. The third-order valence-electron chi connectivity index (χ3n) is 2.72. The summed E-state index contributed by atoms with van der Waals surface area (Å²) < 4.78 is 6.14. The number of hydrogen-bond acceptors (Lipinski definition) is 5. The molecule has 0 atom stereocenters. The molecule has 1 heterocycles. The fourth-order valence-electron chi connectivity index (χ4n) is 1.72. The molecule has 0 radical (unpaired) electrons. The molecule has 1 aromatic heterocycles. The number of carboxylic acid groups (broad SMARTS) is 1. The molecule has 0 bridgehead atoms. The van der Waals surface area contributed by atoms with Gasteiger partial charge < -0.3 is 9.84 Å². The van der Waals surface area contributed by atoms with Gasteiger partial charge in [0.2, 0.25) is 0 Å². The Kier molecular flexibility index (Phi) is 4.13. The van der Waals surface area contributed by atoms with Crippen molar-refractivity contribution in [3.8, 4) is 5.69 Å². The minimum atomic E-state index is -1.04. The van der Waals surface area contributed by atoms with E-state index in [4.69, 9.17) is 9.84 Å². The highest BCUT2D eigenvalue weighted by Gasteiger charge is 2.18. The average molecular weight is 288 g/mol. The van der Waals surface area contributed by atoms with Gasteiger partial charge in [-0.25, -0.2) is 14.3 Å². The maximum absolute atomic E-state index is 11.7. The number of hydrogen-bond donors (Lipinski definition) is 1.